The van der Waals surface area contributed by atoms with Crippen LogP contribution in [0.15, 0.2) is 0 Å². The molecule has 0 bridgehead atoms. The van der Waals surface area contributed by atoms with E-state index in [1.165, 1.54) is 0 Å². The van der Waals surface area contributed by atoms with Gasteiger partial charge in [-0.3, -0.25) is 0 Å². The zero-order valence-corrected chi connectivity index (χ0v) is 8.71. The second-order valence-corrected chi connectivity index (χ2v) is 4.36. The highest BCUT2D eigenvalue weighted by Gasteiger charge is 2.62. The molecule has 0 spiro atoms. The fraction of sp³-hybridized carbons (Fsp3) is 1.00. The van der Waals surface area contributed by atoms with Crippen LogP contribution in [-0.4, -0.2) is 58.4 Å². The lowest BCUT2D eigenvalue weighted by Crippen LogP contribution is -2.46. The molecule has 1 unspecified atom stereocenters. The van der Waals surface area contributed by atoms with Crippen molar-refractivity contribution in [1.29, 1.82) is 0 Å². The average Bonchev–Trinajstić information content (AvgIpc) is 2.61. The first-order valence-corrected chi connectivity index (χ1v) is 4.89. The van der Waals surface area contributed by atoms with E-state index < -0.39 is 36.5 Å². The number of ether oxygens (including phenoxy) is 3. The second-order valence-electron chi connectivity index (χ2n) is 4.36. The van der Waals surface area contributed by atoms with E-state index in [0.29, 0.717) is 0 Å². The summed E-state index contributed by atoms with van der Waals surface area (Å²) in [6.07, 6.45) is -1.99. The minimum absolute atomic E-state index is 0.289. The molecule has 2 fully saturated rings. The fourth-order valence-corrected chi connectivity index (χ4v) is 2.07. The van der Waals surface area contributed by atoms with E-state index in [-0.39, 0.29) is 6.61 Å². The molecule has 2 saturated heterocycles. The Balaban J connectivity index is 2.23. The monoisotopic (exact) mass is 220 g/mol. The van der Waals surface area contributed by atoms with Crippen molar-refractivity contribution >= 4 is 0 Å². The van der Waals surface area contributed by atoms with Crippen molar-refractivity contribution in [3.05, 3.63) is 0 Å². The van der Waals surface area contributed by atoms with E-state index >= 15 is 0 Å². The Kier molecular flexibility index (Phi) is 2.53. The van der Waals surface area contributed by atoms with E-state index in [0.717, 1.165) is 0 Å². The van der Waals surface area contributed by atoms with Crippen molar-refractivity contribution < 1.29 is 29.5 Å². The summed E-state index contributed by atoms with van der Waals surface area (Å²) in [6.45, 7) is 2.53. The molecule has 0 saturated carbocycles. The van der Waals surface area contributed by atoms with E-state index in [2.05, 4.69) is 0 Å². The summed E-state index contributed by atoms with van der Waals surface area (Å²) in [6, 6.07) is 0. The summed E-state index contributed by atoms with van der Waals surface area (Å²) in [4.78, 5) is 0. The van der Waals surface area contributed by atoms with Crippen molar-refractivity contribution in [2.75, 3.05) is 13.2 Å². The van der Waals surface area contributed by atoms with Crippen LogP contribution in [0.4, 0.5) is 0 Å². The fourth-order valence-electron chi connectivity index (χ4n) is 2.07. The predicted octanol–water partition coefficient (Wildman–Crippen LogP) is -1.42. The first-order valence-electron chi connectivity index (χ1n) is 4.89. The van der Waals surface area contributed by atoms with Crippen LogP contribution in [-0.2, 0) is 14.2 Å². The van der Waals surface area contributed by atoms with E-state index in [1.54, 1.807) is 13.8 Å². The number of rotatable bonds is 2. The standard InChI is InChI=1S/C9H16O6/c1-8(2)14-6-5(3-10)13-9(12,4-11)7(6)15-8/h5-7,10-12H,3-4H2,1-2H3/t5-,6+,7+,9?/m1/s1. The Bertz CT molecular complexity index is 255. The van der Waals surface area contributed by atoms with Crippen molar-refractivity contribution in [3.8, 4) is 0 Å². The molecule has 2 aliphatic heterocycles. The molecule has 0 aromatic heterocycles. The van der Waals surface area contributed by atoms with Gasteiger partial charge in [-0.05, 0) is 13.8 Å². The Hall–Kier alpha value is -0.240. The van der Waals surface area contributed by atoms with Crippen molar-refractivity contribution in [2.45, 2.75) is 43.7 Å². The van der Waals surface area contributed by atoms with Gasteiger partial charge in [0.2, 0.25) is 5.79 Å². The predicted molar refractivity (Wildman–Crippen MR) is 47.8 cm³/mol. The highest BCUT2D eigenvalue weighted by Crippen LogP contribution is 2.42. The SMILES string of the molecule is CC1(C)O[C@H]2[C@@H](CO)OC(O)(CO)[C@H]2O1. The quantitative estimate of drug-likeness (QED) is 0.529. The molecule has 6 heteroatoms. The highest BCUT2D eigenvalue weighted by atomic mass is 16.8. The average molecular weight is 220 g/mol. The summed E-state index contributed by atoms with van der Waals surface area (Å²) < 4.78 is 16.1. The van der Waals surface area contributed by atoms with Gasteiger partial charge in [-0.1, -0.05) is 0 Å². The van der Waals surface area contributed by atoms with Gasteiger partial charge in [-0.2, -0.15) is 0 Å². The lowest BCUT2D eigenvalue weighted by Gasteiger charge is -2.28. The normalized spacial score (nSPS) is 48.2. The summed E-state index contributed by atoms with van der Waals surface area (Å²) in [5, 5.41) is 28.0. The van der Waals surface area contributed by atoms with E-state index in [4.69, 9.17) is 24.4 Å². The second kappa shape index (κ2) is 3.38. The topological polar surface area (TPSA) is 88.4 Å². The Labute approximate surface area is 87.4 Å². The molecule has 0 radical (unpaired) electrons. The third-order valence-corrected chi connectivity index (χ3v) is 2.70. The van der Waals surface area contributed by atoms with Gasteiger partial charge in [-0.25, -0.2) is 0 Å². The maximum absolute atomic E-state index is 9.92. The molecule has 3 N–H and O–H groups in total. The van der Waals surface area contributed by atoms with Gasteiger partial charge in [-0.15, -0.1) is 0 Å². The molecular formula is C9H16O6. The summed E-state index contributed by atoms with van der Waals surface area (Å²) in [7, 11) is 0. The third-order valence-electron chi connectivity index (χ3n) is 2.70. The smallest absolute Gasteiger partial charge is 0.219 e. The molecule has 4 atom stereocenters. The van der Waals surface area contributed by atoms with Crippen LogP contribution in [0, 0.1) is 0 Å². The number of hydrogen-bond donors (Lipinski definition) is 3. The Morgan fingerprint density at radius 3 is 2.33 bits per heavy atom. The lowest BCUT2D eigenvalue weighted by molar-refractivity contribution is -0.287. The Morgan fingerprint density at radius 2 is 1.80 bits per heavy atom. The van der Waals surface area contributed by atoms with Crippen molar-refractivity contribution in [1.82, 2.24) is 0 Å². The molecule has 0 aliphatic carbocycles. The maximum Gasteiger partial charge on any atom is 0.219 e. The molecule has 15 heavy (non-hydrogen) atoms. The maximum atomic E-state index is 9.92. The van der Waals surface area contributed by atoms with Crippen LogP contribution in [0.25, 0.3) is 0 Å². The minimum Gasteiger partial charge on any atom is -0.394 e. The van der Waals surface area contributed by atoms with Gasteiger partial charge >= 0.3 is 0 Å². The Morgan fingerprint density at radius 1 is 1.13 bits per heavy atom. The summed E-state index contributed by atoms with van der Waals surface area (Å²) in [5.74, 6) is -2.62. The molecule has 0 amide bonds. The van der Waals surface area contributed by atoms with E-state index in [9.17, 15) is 5.11 Å². The molecule has 0 aromatic rings. The molecular weight excluding hydrogens is 204 g/mol. The molecule has 2 aliphatic rings. The lowest BCUT2D eigenvalue weighted by atomic mass is 10.1. The van der Waals surface area contributed by atoms with Gasteiger partial charge in [0, 0.05) is 0 Å². The number of hydrogen-bond acceptors (Lipinski definition) is 6. The summed E-state index contributed by atoms with van der Waals surface area (Å²) in [5.41, 5.74) is 0. The van der Waals surface area contributed by atoms with Gasteiger partial charge in [0.25, 0.3) is 0 Å². The van der Waals surface area contributed by atoms with E-state index in [1.807, 2.05) is 0 Å². The molecule has 0 aromatic carbocycles. The molecule has 88 valence electrons. The van der Waals surface area contributed by atoms with Gasteiger partial charge < -0.3 is 29.5 Å². The molecule has 6 nitrogen and oxygen atoms in total. The van der Waals surface area contributed by atoms with Crippen LogP contribution in [0.3, 0.4) is 0 Å². The van der Waals surface area contributed by atoms with Crippen molar-refractivity contribution in [3.63, 3.8) is 0 Å². The van der Waals surface area contributed by atoms with Crippen LogP contribution in [0.1, 0.15) is 13.8 Å². The summed E-state index contributed by atoms with van der Waals surface area (Å²) >= 11 is 0. The minimum atomic E-state index is -1.79. The van der Waals surface area contributed by atoms with Gasteiger partial charge in [0.1, 0.15) is 18.3 Å². The van der Waals surface area contributed by atoms with Crippen LogP contribution < -0.4 is 0 Å². The number of aliphatic hydroxyl groups excluding tert-OH is 2. The van der Waals surface area contributed by atoms with Gasteiger partial charge in [0.05, 0.1) is 13.2 Å². The van der Waals surface area contributed by atoms with Crippen LogP contribution >= 0.6 is 0 Å². The zero-order valence-electron chi connectivity index (χ0n) is 8.71. The highest BCUT2D eigenvalue weighted by molar-refractivity contribution is 5.01. The number of aliphatic hydroxyl groups is 3. The largest absolute Gasteiger partial charge is 0.394 e. The first kappa shape index (κ1) is 11.3. The zero-order chi connectivity index (χ0) is 11.3. The van der Waals surface area contributed by atoms with Gasteiger partial charge in [0.15, 0.2) is 5.79 Å². The first-order chi connectivity index (χ1) is 6.92. The molecule has 2 heterocycles. The molecule has 2 rings (SSSR count). The third kappa shape index (κ3) is 1.67. The van der Waals surface area contributed by atoms with Crippen molar-refractivity contribution in [2.24, 2.45) is 0 Å². The van der Waals surface area contributed by atoms with Crippen LogP contribution in [0.2, 0.25) is 0 Å². The number of fused-ring (bicyclic) bond motifs is 1. The van der Waals surface area contributed by atoms with Crippen LogP contribution in [0.5, 0.6) is 0 Å².